The second-order valence-corrected chi connectivity index (χ2v) is 3.72. The van der Waals surface area contributed by atoms with Gasteiger partial charge in [-0.1, -0.05) is 77.9 Å². The molecular formula is C18H28. The zero-order chi connectivity index (χ0) is 14.0. The summed E-state index contributed by atoms with van der Waals surface area (Å²) in [4.78, 5) is 0. The maximum absolute atomic E-state index is 2.29. The zero-order valence-electron chi connectivity index (χ0n) is 12.9. The molecule has 0 aliphatic heterocycles. The van der Waals surface area contributed by atoms with Crippen LogP contribution in [0.4, 0.5) is 0 Å². The topological polar surface area (TPSA) is 0 Å². The third-order valence-corrected chi connectivity index (χ3v) is 2.79. The second kappa shape index (κ2) is 9.70. The lowest BCUT2D eigenvalue weighted by atomic mass is 10.0. The normalized spacial score (nSPS) is 9.00. The first-order valence-electron chi connectivity index (χ1n) is 7.35. The number of benzene rings is 2. The molecule has 0 saturated heterocycles. The van der Waals surface area contributed by atoms with E-state index < -0.39 is 0 Å². The molecule has 0 fully saturated rings. The van der Waals surface area contributed by atoms with Crippen LogP contribution >= 0.6 is 0 Å². The minimum atomic E-state index is 1.12. The van der Waals surface area contributed by atoms with Gasteiger partial charge in [0.05, 0.1) is 0 Å². The Labute approximate surface area is 113 Å². The quantitative estimate of drug-likeness (QED) is 0.606. The molecule has 18 heavy (non-hydrogen) atoms. The lowest BCUT2D eigenvalue weighted by Gasteiger charge is -2.03. The van der Waals surface area contributed by atoms with Gasteiger partial charge >= 0.3 is 0 Å². The molecule has 2 aromatic carbocycles. The maximum atomic E-state index is 2.29. The Morgan fingerprint density at radius 3 is 1.22 bits per heavy atom. The first-order valence-corrected chi connectivity index (χ1v) is 7.35. The fourth-order valence-electron chi connectivity index (χ4n) is 1.78. The van der Waals surface area contributed by atoms with Gasteiger partial charge < -0.3 is 0 Å². The Morgan fingerprint density at radius 1 is 0.611 bits per heavy atom. The Kier molecular flexibility index (Phi) is 9.00. The van der Waals surface area contributed by atoms with Crippen LogP contribution in [0.25, 0.3) is 10.8 Å². The summed E-state index contributed by atoms with van der Waals surface area (Å²) in [6.07, 6.45) is 2.23. The summed E-state index contributed by atoms with van der Waals surface area (Å²) in [5.41, 5.74) is 2.84. The predicted molar refractivity (Wildman–Crippen MR) is 85.4 cm³/mol. The molecule has 0 radical (unpaired) electrons. The Balaban J connectivity index is 0.000000659. The molecule has 0 aliphatic rings. The standard InChI is InChI=1S/C14H16.2C2H6/c1-3-11-5-7-14-10-12(4-2)6-8-13(14)9-11;2*1-2/h5-10H,3-4H2,1-2H3;2*1-2H3. The van der Waals surface area contributed by atoms with Gasteiger partial charge in [-0.15, -0.1) is 0 Å². The number of hydrogen-bond acceptors (Lipinski definition) is 0. The lowest BCUT2D eigenvalue weighted by molar-refractivity contribution is 1.14. The largest absolute Gasteiger partial charge is 0.0683 e. The molecule has 0 saturated carbocycles. The van der Waals surface area contributed by atoms with Gasteiger partial charge in [-0.3, -0.25) is 0 Å². The lowest BCUT2D eigenvalue weighted by Crippen LogP contribution is -1.83. The highest BCUT2D eigenvalue weighted by Gasteiger charge is 1.96. The van der Waals surface area contributed by atoms with Crippen molar-refractivity contribution in [3.05, 3.63) is 47.5 Å². The predicted octanol–water partition coefficient (Wildman–Crippen LogP) is 6.02. The van der Waals surface area contributed by atoms with E-state index in [1.807, 2.05) is 27.7 Å². The zero-order valence-corrected chi connectivity index (χ0v) is 12.9. The summed E-state index contributed by atoms with van der Waals surface area (Å²) in [5.74, 6) is 0. The summed E-state index contributed by atoms with van der Waals surface area (Å²) in [5, 5.41) is 2.73. The summed E-state index contributed by atoms with van der Waals surface area (Å²) in [6.45, 7) is 12.4. The van der Waals surface area contributed by atoms with Crippen molar-refractivity contribution in [3.63, 3.8) is 0 Å². The molecule has 0 N–H and O–H groups in total. The molecule has 0 unspecified atom stereocenters. The molecule has 0 nitrogen and oxygen atoms in total. The molecule has 100 valence electrons. The van der Waals surface area contributed by atoms with Crippen LogP contribution in [-0.4, -0.2) is 0 Å². The van der Waals surface area contributed by atoms with Crippen molar-refractivity contribution in [1.82, 2.24) is 0 Å². The first kappa shape index (κ1) is 16.7. The van der Waals surface area contributed by atoms with E-state index in [-0.39, 0.29) is 0 Å². The highest BCUT2D eigenvalue weighted by atomic mass is 14.0. The van der Waals surface area contributed by atoms with Crippen LogP contribution in [0.5, 0.6) is 0 Å². The Morgan fingerprint density at radius 2 is 0.944 bits per heavy atom. The summed E-state index contributed by atoms with van der Waals surface area (Å²) >= 11 is 0. The van der Waals surface area contributed by atoms with Crippen molar-refractivity contribution >= 4 is 10.8 Å². The maximum Gasteiger partial charge on any atom is -0.0181 e. The number of hydrogen-bond donors (Lipinski definition) is 0. The van der Waals surface area contributed by atoms with Crippen LogP contribution in [0.3, 0.4) is 0 Å². The number of fused-ring (bicyclic) bond motifs is 1. The van der Waals surface area contributed by atoms with Crippen LogP contribution in [-0.2, 0) is 12.8 Å². The van der Waals surface area contributed by atoms with Crippen LogP contribution in [0, 0.1) is 0 Å². The highest BCUT2D eigenvalue weighted by Crippen LogP contribution is 2.18. The third-order valence-electron chi connectivity index (χ3n) is 2.79. The van der Waals surface area contributed by atoms with Gasteiger partial charge in [-0.25, -0.2) is 0 Å². The minimum Gasteiger partial charge on any atom is -0.0683 e. The molecule has 0 aliphatic carbocycles. The molecule has 0 heteroatoms. The SMILES string of the molecule is CC.CC.CCc1ccc2cc(CC)ccc2c1. The van der Waals surface area contributed by atoms with Crippen molar-refractivity contribution in [2.24, 2.45) is 0 Å². The van der Waals surface area contributed by atoms with Gasteiger partial charge in [0.2, 0.25) is 0 Å². The van der Waals surface area contributed by atoms with Crippen LogP contribution in [0.2, 0.25) is 0 Å². The molecule has 0 amide bonds. The van der Waals surface area contributed by atoms with Crippen molar-refractivity contribution in [3.8, 4) is 0 Å². The van der Waals surface area contributed by atoms with Crippen molar-refractivity contribution in [2.45, 2.75) is 54.4 Å². The monoisotopic (exact) mass is 244 g/mol. The van der Waals surface area contributed by atoms with Gasteiger partial charge in [0, 0.05) is 0 Å². The summed E-state index contributed by atoms with van der Waals surface area (Å²) in [6, 6.07) is 13.5. The fraction of sp³-hybridized carbons (Fsp3) is 0.444. The molecule has 2 rings (SSSR count). The van der Waals surface area contributed by atoms with E-state index >= 15 is 0 Å². The summed E-state index contributed by atoms with van der Waals surface area (Å²) in [7, 11) is 0. The molecule has 0 spiro atoms. The summed E-state index contributed by atoms with van der Waals surface area (Å²) < 4.78 is 0. The molecule has 0 bridgehead atoms. The number of rotatable bonds is 2. The molecule has 0 aromatic heterocycles. The molecule has 0 atom stereocenters. The van der Waals surface area contributed by atoms with Crippen LogP contribution in [0.1, 0.15) is 52.7 Å². The van der Waals surface area contributed by atoms with E-state index in [1.54, 1.807) is 0 Å². The van der Waals surface area contributed by atoms with Crippen LogP contribution in [0.15, 0.2) is 36.4 Å². The third kappa shape index (κ3) is 4.52. The Hall–Kier alpha value is -1.30. The Bertz CT molecular complexity index is 397. The van der Waals surface area contributed by atoms with Gasteiger partial charge in [-0.2, -0.15) is 0 Å². The second-order valence-electron chi connectivity index (χ2n) is 3.72. The van der Waals surface area contributed by atoms with Crippen molar-refractivity contribution in [1.29, 1.82) is 0 Å². The van der Waals surface area contributed by atoms with E-state index in [4.69, 9.17) is 0 Å². The van der Waals surface area contributed by atoms with E-state index in [0.29, 0.717) is 0 Å². The van der Waals surface area contributed by atoms with E-state index in [0.717, 1.165) is 12.8 Å². The van der Waals surface area contributed by atoms with Gasteiger partial charge in [0.15, 0.2) is 0 Å². The minimum absolute atomic E-state index is 1.12. The smallest absolute Gasteiger partial charge is 0.0181 e. The van der Waals surface area contributed by atoms with E-state index in [1.165, 1.54) is 21.9 Å². The average Bonchev–Trinajstić information content (AvgIpc) is 2.50. The van der Waals surface area contributed by atoms with Crippen molar-refractivity contribution in [2.75, 3.05) is 0 Å². The van der Waals surface area contributed by atoms with Gasteiger partial charge in [0.25, 0.3) is 0 Å². The van der Waals surface area contributed by atoms with E-state index in [9.17, 15) is 0 Å². The van der Waals surface area contributed by atoms with Gasteiger partial charge in [0.1, 0.15) is 0 Å². The fourth-order valence-corrected chi connectivity index (χ4v) is 1.78. The van der Waals surface area contributed by atoms with Crippen LogP contribution < -0.4 is 0 Å². The molecule has 0 heterocycles. The molecular weight excluding hydrogens is 216 g/mol. The first-order chi connectivity index (χ1) is 8.83. The highest BCUT2D eigenvalue weighted by molar-refractivity contribution is 5.83. The average molecular weight is 244 g/mol. The van der Waals surface area contributed by atoms with Gasteiger partial charge in [-0.05, 0) is 34.7 Å². The van der Waals surface area contributed by atoms with Crippen molar-refractivity contribution < 1.29 is 0 Å². The van der Waals surface area contributed by atoms with E-state index in [2.05, 4.69) is 50.2 Å². The molecule has 2 aromatic rings. The number of aryl methyl sites for hydroxylation is 2.